The van der Waals surface area contributed by atoms with Crippen molar-refractivity contribution in [1.29, 1.82) is 0 Å². The van der Waals surface area contributed by atoms with Crippen molar-refractivity contribution in [3.63, 3.8) is 0 Å². The van der Waals surface area contributed by atoms with Crippen molar-refractivity contribution >= 4 is 17.9 Å². The molecular formula is C14H14O6. The van der Waals surface area contributed by atoms with E-state index in [4.69, 9.17) is 14.2 Å². The highest BCUT2D eigenvalue weighted by Gasteiger charge is 2.37. The van der Waals surface area contributed by atoms with E-state index < -0.39 is 30.1 Å². The van der Waals surface area contributed by atoms with Crippen LogP contribution in [0.2, 0.25) is 0 Å². The highest BCUT2D eigenvalue weighted by molar-refractivity contribution is 5.96. The lowest BCUT2D eigenvalue weighted by molar-refractivity contribution is -0.153. The first kappa shape index (κ1) is 14.0. The Labute approximate surface area is 115 Å². The fourth-order valence-electron chi connectivity index (χ4n) is 2.12. The Kier molecular flexibility index (Phi) is 3.74. The zero-order valence-electron chi connectivity index (χ0n) is 11.3. The van der Waals surface area contributed by atoms with Gasteiger partial charge in [0.2, 0.25) is 0 Å². The second kappa shape index (κ2) is 5.32. The number of rotatable bonds is 2. The molecule has 6 nitrogen and oxygen atoms in total. The van der Waals surface area contributed by atoms with Gasteiger partial charge in [0.15, 0.2) is 6.10 Å². The first-order valence-corrected chi connectivity index (χ1v) is 6.09. The third-order valence-corrected chi connectivity index (χ3v) is 2.84. The molecule has 0 N–H and O–H groups in total. The number of esters is 3. The van der Waals surface area contributed by atoms with E-state index >= 15 is 0 Å². The van der Waals surface area contributed by atoms with Gasteiger partial charge in [-0.2, -0.15) is 0 Å². The third kappa shape index (κ3) is 2.64. The summed E-state index contributed by atoms with van der Waals surface area (Å²) in [6.45, 7) is 4.14. The van der Waals surface area contributed by atoms with Crippen LogP contribution in [0.15, 0.2) is 18.2 Å². The minimum Gasteiger partial charge on any atom is -0.455 e. The molecule has 0 saturated carbocycles. The lowest BCUT2D eigenvalue weighted by Crippen LogP contribution is -2.33. The van der Waals surface area contributed by atoms with Gasteiger partial charge in [0.1, 0.15) is 17.4 Å². The second-order valence-electron chi connectivity index (χ2n) is 4.45. The van der Waals surface area contributed by atoms with Crippen molar-refractivity contribution in [2.24, 2.45) is 0 Å². The second-order valence-corrected chi connectivity index (χ2v) is 4.45. The molecule has 106 valence electrons. The lowest BCUT2D eigenvalue weighted by Gasteiger charge is -2.30. The molecule has 20 heavy (non-hydrogen) atoms. The Hall–Kier alpha value is -2.37. The average molecular weight is 278 g/mol. The normalized spacial score (nSPS) is 20.6. The van der Waals surface area contributed by atoms with Gasteiger partial charge < -0.3 is 14.2 Å². The van der Waals surface area contributed by atoms with Crippen molar-refractivity contribution in [1.82, 2.24) is 0 Å². The number of carbonyl (C=O) groups is 3. The molecule has 1 aliphatic rings. The Balaban J connectivity index is 2.51. The highest BCUT2D eigenvalue weighted by atomic mass is 16.6. The van der Waals surface area contributed by atoms with Crippen LogP contribution in [0.3, 0.4) is 0 Å². The van der Waals surface area contributed by atoms with E-state index in [1.54, 1.807) is 19.1 Å². The number of fused-ring (bicyclic) bond motifs is 1. The molecule has 0 saturated heterocycles. The standard InChI is InChI=1S/C14H14O6/c1-7-13(20-9(3)16)10-5-4-6-11(19-8(2)15)12(10)14(17)18-7/h4-7,13H,1-3H3/t7-,13+/m0/s1. The molecule has 0 aromatic heterocycles. The molecule has 6 heteroatoms. The predicted molar refractivity (Wildman–Crippen MR) is 67.1 cm³/mol. The van der Waals surface area contributed by atoms with Crippen molar-refractivity contribution in [2.45, 2.75) is 33.0 Å². The summed E-state index contributed by atoms with van der Waals surface area (Å²) in [6.07, 6.45) is -1.32. The molecule has 1 heterocycles. The minimum atomic E-state index is -0.712. The minimum absolute atomic E-state index is 0.101. The Morgan fingerprint density at radius 1 is 1.20 bits per heavy atom. The van der Waals surface area contributed by atoms with Crippen LogP contribution in [0.4, 0.5) is 0 Å². The summed E-state index contributed by atoms with van der Waals surface area (Å²) in [4.78, 5) is 34.2. The van der Waals surface area contributed by atoms with Gasteiger partial charge in [0, 0.05) is 19.4 Å². The maximum absolute atomic E-state index is 12.0. The van der Waals surface area contributed by atoms with Crippen LogP contribution in [0, 0.1) is 0 Å². The third-order valence-electron chi connectivity index (χ3n) is 2.84. The monoisotopic (exact) mass is 278 g/mol. The Morgan fingerprint density at radius 2 is 1.90 bits per heavy atom. The van der Waals surface area contributed by atoms with Gasteiger partial charge in [-0.3, -0.25) is 9.59 Å². The fourth-order valence-corrected chi connectivity index (χ4v) is 2.12. The fraction of sp³-hybridized carbons (Fsp3) is 0.357. The summed E-state index contributed by atoms with van der Waals surface area (Å²) >= 11 is 0. The summed E-state index contributed by atoms with van der Waals surface area (Å²) < 4.78 is 15.3. The summed E-state index contributed by atoms with van der Waals surface area (Å²) in [5, 5.41) is 0. The summed E-state index contributed by atoms with van der Waals surface area (Å²) in [7, 11) is 0. The molecule has 0 amide bonds. The predicted octanol–water partition coefficient (Wildman–Crippen LogP) is 1.77. The van der Waals surface area contributed by atoms with Gasteiger partial charge in [-0.15, -0.1) is 0 Å². The summed E-state index contributed by atoms with van der Waals surface area (Å²) in [5.41, 5.74) is 0.592. The molecule has 0 unspecified atom stereocenters. The lowest BCUT2D eigenvalue weighted by atomic mass is 9.95. The van der Waals surface area contributed by atoms with Crippen LogP contribution in [-0.2, 0) is 19.1 Å². The quantitative estimate of drug-likeness (QED) is 0.606. The van der Waals surface area contributed by atoms with E-state index in [1.165, 1.54) is 19.9 Å². The molecule has 1 aliphatic heterocycles. The van der Waals surface area contributed by atoms with Gasteiger partial charge in [0.25, 0.3) is 0 Å². The van der Waals surface area contributed by atoms with Crippen LogP contribution >= 0.6 is 0 Å². The smallest absolute Gasteiger partial charge is 0.342 e. The molecule has 1 aromatic carbocycles. The Morgan fingerprint density at radius 3 is 2.50 bits per heavy atom. The van der Waals surface area contributed by atoms with Gasteiger partial charge in [0.05, 0.1) is 0 Å². The van der Waals surface area contributed by atoms with E-state index in [-0.39, 0.29) is 11.3 Å². The molecule has 0 fully saturated rings. The van der Waals surface area contributed by atoms with E-state index in [0.717, 1.165) is 0 Å². The van der Waals surface area contributed by atoms with Gasteiger partial charge in [-0.1, -0.05) is 12.1 Å². The molecular weight excluding hydrogens is 264 g/mol. The number of hydrogen-bond donors (Lipinski definition) is 0. The van der Waals surface area contributed by atoms with Crippen LogP contribution in [0.25, 0.3) is 0 Å². The molecule has 2 rings (SSSR count). The van der Waals surface area contributed by atoms with E-state index in [1.807, 2.05) is 0 Å². The maximum atomic E-state index is 12.0. The molecule has 2 atom stereocenters. The van der Waals surface area contributed by atoms with Crippen LogP contribution in [-0.4, -0.2) is 24.0 Å². The van der Waals surface area contributed by atoms with Crippen LogP contribution in [0.1, 0.15) is 42.8 Å². The van der Waals surface area contributed by atoms with E-state index in [9.17, 15) is 14.4 Å². The largest absolute Gasteiger partial charge is 0.455 e. The van der Waals surface area contributed by atoms with Crippen LogP contribution < -0.4 is 4.74 Å². The van der Waals surface area contributed by atoms with Gasteiger partial charge in [-0.05, 0) is 13.0 Å². The van der Waals surface area contributed by atoms with Crippen molar-refractivity contribution < 1.29 is 28.6 Å². The SMILES string of the molecule is CC(=O)Oc1cccc2c1C(=O)O[C@@H](C)[C@H]2OC(C)=O. The highest BCUT2D eigenvalue weighted by Crippen LogP contribution is 2.37. The number of ether oxygens (including phenoxy) is 3. The zero-order chi connectivity index (χ0) is 14.9. The van der Waals surface area contributed by atoms with E-state index in [2.05, 4.69) is 0 Å². The number of cyclic esters (lactones) is 1. The van der Waals surface area contributed by atoms with Gasteiger partial charge in [-0.25, -0.2) is 4.79 Å². The maximum Gasteiger partial charge on any atom is 0.342 e. The van der Waals surface area contributed by atoms with Gasteiger partial charge >= 0.3 is 17.9 Å². The van der Waals surface area contributed by atoms with Crippen molar-refractivity contribution in [3.8, 4) is 5.75 Å². The van der Waals surface area contributed by atoms with Crippen LogP contribution in [0.5, 0.6) is 5.75 Å². The number of benzene rings is 1. The summed E-state index contributed by atoms with van der Waals surface area (Å²) in [5.74, 6) is -1.53. The molecule has 0 aliphatic carbocycles. The van der Waals surface area contributed by atoms with E-state index in [0.29, 0.717) is 5.56 Å². The molecule has 0 radical (unpaired) electrons. The van der Waals surface area contributed by atoms with Crippen molar-refractivity contribution in [2.75, 3.05) is 0 Å². The topological polar surface area (TPSA) is 78.9 Å². The number of carbonyl (C=O) groups excluding carboxylic acids is 3. The first-order chi connectivity index (χ1) is 9.40. The average Bonchev–Trinajstić information content (AvgIpc) is 2.33. The summed E-state index contributed by atoms with van der Waals surface area (Å²) in [6, 6.07) is 4.76. The molecule has 0 bridgehead atoms. The number of hydrogen-bond acceptors (Lipinski definition) is 6. The molecule has 0 spiro atoms. The zero-order valence-corrected chi connectivity index (χ0v) is 11.3. The molecule has 1 aromatic rings. The van der Waals surface area contributed by atoms with Crippen molar-refractivity contribution in [3.05, 3.63) is 29.3 Å². The Bertz CT molecular complexity index is 577. The first-order valence-electron chi connectivity index (χ1n) is 6.09.